The van der Waals surface area contributed by atoms with Gasteiger partial charge in [0.25, 0.3) is 11.1 Å². The molecule has 0 N–H and O–H groups in total. The maximum Gasteiger partial charge on any atom is 0.273 e. The molecule has 1 aliphatic heterocycles. The molecule has 0 aliphatic carbocycles. The zero-order chi connectivity index (χ0) is 16.2. The summed E-state index contributed by atoms with van der Waals surface area (Å²) in [5.74, 6) is 0.348. The van der Waals surface area contributed by atoms with E-state index in [1.807, 2.05) is 5.38 Å². The van der Waals surface area contributed by atoms with Gasteiger partial charge in [0.2, 0.25) is 0 Å². The molecule has 1 aromatic carbocycles. The third-order valence-electron chi connectivity index (χ3n) is 3.42. The minimum Gasteiger partial charge on any atom is -0.482 e. The van der Waals surface area contributed by atoms with E-state index in [4.69, 9.17) is 32.7 Å². The number of rotatable bonds is 5. The van der Waals surface area contributed by atoms with Gasteiger partial charge in [-0.25, -0.2) is 4.98 Å². The van der Waals surface area contributed by atoms with E-state index in [1.165, 1.54) is 11.3 Å². The minimum absolute atomic E-state index is 0.0239. The van der Waals surface area contributed by atoms with Crippen LogP contribution in [0.25, 0.3) is 0 Å². The van der Waals surface area contributed by atoms with Gasteiger partial charge in [-0.3, -0.25) is 4.79 Å². The van der Waals surface area contributed by atoms with Crippen LogP contribution in [0.3, 0.4) is 0 Å². The Hall–Kier alpha value is -1.50. The first kappa shape index (κ1) is 16.4. The summed E-state index contributed by atoms with van der Waals surface area (Å²) in [6, 6.07) is 4.90. The van der Waals surface area contributed by atoms with Crippen LogP contribution in [0.5, 0.6) is 10.9 Å². The van der Waals surface area contributed by atoms with E-state index < -0.39 is 0 Å². The van der Waals surface area contributed by atoms with Crippen LogP contribution in [0, 0.1) is 0 Å². The molecule has 23 heavy (non-hydrogen) atoms. The number of carbonyl (C=O) groups excluding carboxylic acids is 1. The van der Waals surface area contributed by atoms with Crippen LogP contribution in [-0.2, 0) is 4.79 Å². The lowest BCUT2D eigenvalue weighted by Crippen LogP contribution is -2.34. The van der Waals surface area contributed by atoms with E-state index in [9.17, 15) is 4.79 Å². The monoisotopic (exact) mass is 372 g/mol. The standard InChI is InChI=1S/C15H14Cl2N2O3S/c16-10-1-2-13(12(17)7-10)21-9-14(20)19-5-3-11(8-19)22-15-18-4-6-23-15/h1-2,4,6-7,11H,3,5,8-9H2. The third kappa shape index (κ3) is 4.28. The third-order valence-corrected chi connectivity index (χ3v) is 4.61. The molecule has 1 aromatic heterocycles. The predicted molar refractivity (Wildman–Crippen MR) is 89.7 cm³/mol. The Balaban J connectivity index is 1.49. The molecule has 0 spiro atoms. The van der Waals surface area contributed by atoms with Crippen molar-refractivity contribution in [3.8, 4) is 10.9 Å². The van der Waals surface area contributed by atoms with Gasteiger partial charge in [-0.1, -0.05) is 34.5 Å². The average Bonchev–Trinajstić information content (AvgIpc) is 3.18. The topological polar surface area (TPSA) is 51.7 Å². The van der Waals surface area contributed by atoms with Crippen molar-refractivity contribution >= 4 is 40.4 Å². The zero-order valence-electron chi connectivity index (χ0n) is 12.1. The number of likely N-dealkylation sites (tertiary alicyclic amines) is 1. The van der Waals surface area contributed by atoms with Crippen LogP contribution < -0.4 is 9.47 Å². The Morgan fingerprint density at radius 2 is 2.30 bits per heavy atom. The van der Waals surface area contributed by atoms with Crippen LogP contribution in [0.4, 0.5) is 0 Å². The number of thiazole rings is 1. The highest BCUT2D eigenvalue weighted by atomic mass is 35.5. The summed E-state index contributed by atoms with van der Waals surface area (Å²) in [4.78, 5) is 18.0. The van der Waals surface area contributed by atoms with Gasteiger partial charge in [-0.15, -0.1) is 0 Å². The van der Waals surface area contributed by atoms with Crippen LogP contribution in [0.2, 0.25) is 10.0 Å². The van der Waals surface area contributed by atoms with Gasteiger partial charge in [0.05, 0.1) is 11.6 Å². The Labute approximate surface area is 147 Å². The normalized spacial score (nSPS) is 17.3. The van der Waals surface area contributed by atoms with Gasteiger partial charge < -0.3 is 14.4 Å². The number of hydrogen-bond donors (Lipinski definition) is 0. The van der Waals surface area contributed by atoms with E-state index in [2.05, 4.69) is 4.98 Å². The number of nitrogens with zero attached hydrogens (tertiary/aromatic N) is 2. The molecular weight excluding hydrogens is 359 g/mol. The Bertz CT molecular complexity index is 681. The summed E-state index contributed by atoms with van der Waals surface area (Å²) in [5.41, 5.74) is 0. The predicted octanol–water partition coefficient (Wildman–Crippen LogP) is 3.51. The second-order valence-electron chi connectivity index (χ2n) is 5.03. The highest BCUT2D eigenvalue weighted by Crippen LogP contribution is 2.27. The lowest BCUT2D eigenvalue weighted by molar-refractivity contribution is -0.132. The molecule has 1 unspecified atom stereocenters. The molecule has 2 heterocycles. The second-order valence-corrected chi connectivity index (χ2v) is 6.73. The molecule has 1 aliphatic rings. The van der Waals surface area contributed by atoms with Crippen LogP contribution in [0.15, 0.2) is 29.8 Å². The first-order valence-electron chi connectivity index (χ1n) is 7.03. The quantitative estimate of drug-likeness (QED) is 0.805. The average molecular weight is 373 g/mol. The first-order valence-corrected chi connectivity index (χ1v) is 8.67. The van der Waals surface area contributed by atoms with E-state index in [-0.39, 0.29) is 18.6 Å². The molecule has 1 amide bonds. The van der Waals surface area contributed by atoms with Crippen LogP contribution in [0.1, 0.15) is 6.42 Å². The first-order chi connectivity index (χ1) is 11.1. The van der Waals surface area contributed by atoms with Gasteiger partial charge in [0.1, 0.15) is 11.9 Å². The number of ether oxygens (including phenoxy) is 2. The maximum atomic E-state index is 12.2. The summed E-state index contributed by atoms with van der Waals surface area (Å²) in [7, 11) is 0. The Kier molecular flexibility index (Phi) is 5.25. The molecule has 0 bridgehead atoms. The van der Waals surface area contributed by atoms with Gasteiger partial charge >= 0.3 is 0 Å². The fraction of sp³-hybridized carbons (Fsp3) is 0.333. The van der Waals surface area contributed by atoms with Crippen molar-refractivity contribution in [2.24, 2.45) is 0 Å². The van der Waals surface area contributed by atoms with Crippen molar-refractivity contribution in [1.82, 2.24) is 9.88 Å². The van der Waals surface area contributed by atoms with Crippen molar-refractivity contribution in [3.63, 3.8) is 0 Å². The van der Waals surface area contributed by atoms with Crippen LogP contribution in [-0.4, -0.2) is 41.6 Å². The van der Waals surface area contributed by atoms with Crippen molar-refractivity contribution < 1.29 is 14.3 Å². The Morgan fingerprint density at radius 3 is 3.04 bits per heavy atom. The zero-order valence-corrected chi connectivity index (χ0v) is 14.4. The largest absolute Gasteiger partial charge is 0.482 e. The SMILES string of the molecule is O=C(COc1ccc(Cl)cc1Cl)N1CCC(Oc2nccs2)C1. The molecule has 8 heteroatoms. The van der Waals surface area contributed by atoms with E-state index in [0.717, 1.165) is 6.42 Å². The lowest BCUT2D eigenvalue weighted by atomic mass is 10.3. The molecule has 5 nitrogen and oxygen atoms in total. The summed E-state index contributed by atoms with van der Waals surface area (Å²) in [5, 5.41) is 3.40. The molecule has 0 radical (unpaired) electrons. The van der Waals surface area contributed by atoms with E-state index in [0.29, 0.717) is 34.1 Å². The minimum atomic E-state index is -0.0961. The van der Waals surface area contributed by atoms with E-state index >= 15 is 0 Å². The maximum absolute atomic E-state index is 12.2. The number of halogens is 2. The summed E-state index contributed by atoms with van der Waals surface area (Å²) >= 11 is 13.3. The number of aromatic nitrogens is 1. The van der Waals surface area contributed by atoms with Crippen molar-refractivity contribution in [3.05, 3.63) is 39.8 Å². The van der Waals surface area contributed by atoms with Crippen molar-refractivity contribution in [2.75, 3.05) is 19.7 Å². The summed E-state index contributed by atoms with van der Waals surface area (Å²) in [6.07, 6.45) is 2.46. The number of carbonyl (C=O) groups is 1. The fourth-order valence-corrected chi connectivity index (χ4v) is 3.30. The Morgan fingerprint density at radius 1 is 1.43 bits per heavy atom. The highest BCUT2D eigenvalue weighted by Gasteiger charge is 2.28. The molecule has 1 atom stereocenters. The van der Waals surface area contributed by atoms with E-state index in [1.54, 1.807) is 29.3 Å². The van der Waals surface area contributed by atoms with Gasteiger partial charge in [0, 0.05) is 29.6 Å². The van der Waals surface area contributed by atoms with Crippen molar-refractivity contribution in [2.45, 2.75) is 12.5 Å². The molecule has 1 fully saturated rings. The van der Waals surface area contributed by atoms with Crippen LogP contribution >= 0.6 is 34.5 Å². The lowest BCUT2D eigenvalue weighted by Gasteiger charge is -2.17. The smallest absolute Gasteiger partial charge is 0.273 e. The molecule has 1 saturated heterocycles. The summed E-state index contributed by atoms with van der Waals surface area (Å²) in [6.45, 7) is 1.12. The number of amides is 1. The van der Waals surface area contributed by atoms with Gasteiger partial charge in [0.15, 0.2) is 6.61 Å². The molecular formula is C15H14Cl2N2O3S. The number of benzene rings is 1. The van der Waals surface area contributed by atoms with Gasteiger partial charge in [-0.05, 0) is 18.2 Å². The summed E-state index contributed by atoms with van der Waals surface area (Å²) < 4.78 is 11.2. The van der Waals surface area contributed by atoms with Crippen molar-refractivity contribution in [1.29, 1.82) is 0 Å². The highest BCUT2D eigenvalue weighted by molar-refractivity contribution is 7.11. The van der Waals surface area contributed by atoms with Gasteiger partial charge in [-0.2, -0.15) is 0 Å². The number of hydrogen-bond acceptors (Lipinski definition) is 5. The molecule has 3 rings (SSSR count). The molecule has 122 valence electrons. The second kappa shape index (κ2) is 7.38. The fourth-order valence-electron chi connectivity index (χ4n) is 2.29. The molecule has 2 aromatic rings. The molecule has 0 saturated carbocycles.